The van der Waals surface area contributed by atoms with Crippen molar-refractivity contribution in [2.75, 3.05) is 5.32 Å². The molecule has 24 heavy (non-hydrogen) atoms. The zero-order valence-corrected chi connectivity index (χ0v) is 14.2. The van der Waals surface area contributed by atoms with Crippen LogP contribution in [0.4, 0.5) is 5.69 Å². The summed E-state index contributed by atoms with van der Waals surface area (Å²) < 4.78 is 6.58. The van der Waals surface area contributed by atoms with E-state index in [9.17, 15) is 9.59 Å². The van der Waals surface area contributed by atoms with Gasteiger partial charge in [-0.2, -0.15) is 0 Å². The molecule has 1 N–H and O–H groups in total. The normalized spacial score (nSPS) is 11.0. The molecule has 0 aliphatic rings. The molecule has 3 aromatic rings. The Labute approximate surface area is 143 Å². The average Bonchev–Trinajstić information content (AvgIpc) is 2.84. The Morgan fingerprint density at radius 3 is 2.83 bits per heavy atom. The van der Waals surface area contributed by atoms with Crippen molar-refractivity contribution >= 4 is 34.3 Å². The van der Waals surface area contributed by atoms with Gasteiger partial charge in [-0.05, 0) is 49.2 Å². The summed E-state index contributed by atoms with van der Waals surface area (Å²) in [7, 11) is 0. The smallest absolute Gasteiger partial charge is 0.408 e. The molecule has 0 saturated carbocycles. The summed E-state index contributed by atoms with van der Waals surface area (Å²) in [6, 6.07) is 10.7. The fraction of sp³-hybridized carbons (Fsp3) is 0.222. The third kappa shape index (κ3) is 3.21. The molecule has 5 nitrogen and oxygen atoms in total. The minimum absolute atomic E-state index is 0.160. The number of hydrogen-bond acceptors (Lipinski definition) is 3. The van der Waals surface area contributed by atoms with E-state index in [1.165, 1.54) is 4.57 Å². The summed E-state index contributed by atoms with van der Waals surface area (Å²) in [5, 5.41) is 3.39. The fourth-order valence-corrected chi connectivity index (χ4v) is 2.73. The maximum atomic E-state index is 12.2. The Bertz CT molecular complexity index is 972. The summed E-state index contributed by atoms with van der Waals surface area (Å²) in [4.78, 5) is 24.1. The number of aryl methyl sites for hydroxylation is 2. The number of fused-ring (bicyclic) bond motifs is 1. The van der Waals surface area contributed by atoms with Crippen molar-refractivity contribution in [1.29, 1.82) is 0 Å². The van der Waals surface area contributed by atoms with Crippen molar-refractivity contribution in [3.05, 3.63) is 63.1 Å². The van der Waals surface area contributed by atoms with Gasteiger partial charge in [0, 0.05) is 23.7 Å². The highest BCUT2D eigenvalue weighted by Crippen LogP contribution is 2.20. The molecular weight excluding hydrogens is 328 g/mol. The van der Waals surface area contributed by atoms with Gasteiger partial charge in [0.25, 0.3) is 0 Å². The van der Waals surface area contributed by atoms with Gasteiger partial charge in [0.2, 0.25) is 5.91 Å². The summed E-state index contributed by atoms with van der Waals surface area (Å²) >= 11 is 5.97. The first-order valence-corrected chi connectivity index (χ1v) is 7.98. The highest BCUT2D eigenvalue weighted by molar-refractivity contribution is 6.31. The topological polar surface area (TPSA) is 64.2 Å². The van der Waals surface area contributed by atoms with Crippen molar-refractivity contribution in [3.63, 3.8) is 0 Å². The van der Waals surface area contributed by atoms with Crippen LogP contribution in [0.2, 0.25) is 5.02 Å². The molecule has 1 heterocycles. The van der Waals surface area contributed by atoms with Crippen LogP contribution in [0.5, 0.6) is 0 Å². The second-order valence-corrected chi connectivity index (χ2v) is 6.11. The van der Waals surface area contributed by atoms with Gasteiger partial charge >= 0.3 is 5.76 Å². The number of hydrogen-bond donors (Lipinski definition) is 1. The molecule has 0 aliphatic heterocycles. The predicted molar refractivity (Wildman–Crippen MR) is 94.6 cm³/mol. The highest BCUT2D eigenvalue weighted by Gasteiger charge is 2.12. The second kappa shape index (κ2) is 6.53. The van der Waals surface area contributed by atoms with Crippen LogP contribution >= 0.6 is 11.6 Å². The molecule has 2 aromatic carbocycles. The van der Waals surface area contributed by atoms with Gasteiger partial charge < -0.3 is 9.73 Å². The monoisotopic (exact) mass is 344 g/mol. The molecule has 3 rings (SSSR count). The molecule has 0 unspecified atom stereocenters. The number of carbonyl (C=O) groups excluding carboxylic acids is 1. The number of aromatic nitrogens is 1. The number of rotatable bonds is 4. The van der Waals surface area contributed by atoms with Crippen LogP contribution in [0.25, 0.3) is 11.1 Å². The van der Waals surface area contributed by atoms with E-state index in [0.29, 0.717) is 16.1 Å². The Kier molecular flexibility index (Phi) is 4.44. The van der Waals surface area contributed by atoms with Gasteiger partial charge in [-0.25, -0.2) is 4.79 Å². The average molecular weight is 345 g/mol. The highest BCUT2D eigenvalue weighted by atomic mass is 35.5. The molecular formula is C18H17ClN2O3. The molecule has 0 spiro atoms. The van der Waals surface area contributed by atoms with Crippen LogP contribution in [-0.2, 0) is 11.3 Å². The maximum Gasteiger partial charge on any atom is 0.419 e. The summed E-state index contributed by atoms with van der Waals surface area (Å²) in [5.74, 6) is -0.654. The zero-order valence-electron chi connectivity index (χ0n) is 13.4. The lowest BCUT2D eigenvalue weighted by molar-refractivity contribution is -0.116. The van der Waals surface area contributed by atoms with Gasteiger partial charge in [0.1, 0.15) is 0 Å². The van der Waals surface area contributed by atoms with Crippen LogP contribution in [0, 0.1) is 13.8 Å². The molecule has 0 atom stereocenters. The molecule has 6 heteroatoms. The van der Waals surface area contributed by atoms with Crippen LogP contribution in [0.1, 0.15) is 17.5 Å². The molecule has 0 aliphatic carbocycles. The number of amides is 1. The lowest BCUT2D eigenvalue weighted by Gasteiger charge is -2.10. The lowest BCUT2D eigenvalue weighted by atomic mass is 10.1. The largest absolute Gasteiger partial charge is 0.419 e. The number of anilines is 1. The predicted octanol–water partition coefficient (Wildman–Crippen LogP) is 3.89. The van der Waals surface area contributed by atoms with E-state index >= 15 is 0 Å². The summed E-state index contributed by atoms with van der Waals surface area (Å²) in [6.45, 7) is 4.18. The lowest BCUT2D eigenvalue weighted by Crippen LogP contribution is -2.20. The maximum absolute atomic E-state index is 12.2. The van der Waals surface area contributed by atoms with Crippen LogP contribution in [0.3, 0.4) is 0 Å². The van der Waals surface area contributed by atoms with Crippen LogP contribution in [-0.4, -0.2) is 10.5 Å². The van der Waals surface area contributed by atoms with E-state index in [2.05, 4.69) is 5.32 Å². The quantitative estimate of drug-likeness (QED) is 0.780. The van der Waals surface area contributed by atoms with Crippen LogP contribution < -0.4 is 11.1 Å². The van der Waals surface area contributed by atoms with Gasteiger partial charge in [0.05, 0.1) is 5.52 Å². The third-order valence-corrected chi connectivity index (χ3v) is 4.31. The van der Waals surface area contributed by atoms with Crippen molar-refractivity contribution in [2.24, 2.45) is 0 Å². The Morgan fingerprint density at radius 1 is 1.25 bits per heavy atom. The Balaban J connectivity index is 1.75. The number of carbonyl (C=O) groups is 1. The number of benzene rings is 2. The Hall–Kier alpha value is -2.53. The van der Waals surface area contributed by atoms with Crippen molar-refractivity contribution in [1.82, 2.24) is 4.57 Å². The van der Waals surface area contributed by atoms with E-state index in [1.54, 1.807) is 18.2 Å². The zero-order chi connectivity index (χ0) is 17.3. The molecule has 0 saturated heterocycles. The molecule has 1 aromatic heterocycles. The van der Waals surface area contributed by atoms with Gasteiger partial charge in [0.15, 0.2) is 5.58 Å². The standard InChI is InChI=1S/C18H17ClN2O3/c1-11-4-3-5-14(12(11)2)20-17(22)8-9-21-15-10-13(19)6-7-16(15)24-18(21)23/h3-7,10H,8-9H2,1-2H3,(H,20,22). The molecule has 0 fully saturated rings. The minimum atomic E-state index is -0.494. The van der Waals surface area contributed by atoms with Crippen molar-refractivity contribution < 1.29 is 9.21 Å². The summed E-state index contributed by atoms with van der Waals surface area (Å²) in [6.07, 6.45) is 0.161. The number of nitrogens with zero attached hydrogens (tertiary/aromatic N) is 1. The molecule has 0 radical (unpaired) electrons. The SMILES string of the molecule is Cc1cccc(NC(=O)CCn2c(=O)oc3ccc(Cl)cc32)c1C. The first-order chi connectivity index (χ1) is 11.5. The van der Waals surface area contributed by atoms with Gasteiger partial charge in [-0.1, -0.05) is 23.7 Å². The number of oxazole rings is 1. The van der Waals surface area contributed by atoms with E-state index in [4.69, 9.17) is 16.0 Å². The summed E-state index contributed by atoms with van der Waals surface area (Å²) in [5.41, 5.74) is 3.97. The second-order valence-electron chi connectivity index (χ2n) is 5.68. The third-order valence-electron chi connectivity index (χ3n) is 4.07. The van der Waals surface area contributed by atoms with E-state index in [1.807, 2.05) is 32.0 Å². The van der Waals surface area contributed by atoms with Crippen LogP contribution in [0.15, 0.2) is 45.6 Å². The minimum Gasteiger partial charge on any atom is -0.408 e. The van der Waals surface area contributed by atoms with E-state index in [0.717, 1.165) is 16.8 Å². The van der Waals surface area contributed by atoms with Crippen molar-refractivity contribution in [2.45, 2.75) is 26.8 Å². The number of nitrogens with one attached hydrogen (secondary N) is 1. The molecule has 0 bridgehead atoms. The fourth-order valence-electron chi connectivity index (χ4n) is 2.56. The first kappa shape index (κ1) is 16.3. The van der Waals surface area contributed by atoms with Gasteiger partial charge in [-0.15, -0.1) is 0 Å². The molecule has 1 amide bonds. The number of halogens is 1. The molecule has 124 valence electrons. The van der Waals surface area contributed by atoms with E-state index in [-0.39, 0.29) is 18.9 Å². The van der Waals surface area contributed by atoms with Gasteiger partial charge in [-0.3, -0.25) is 9.36 Å². The van der Waals surface area contributed by atoms with E-state index < -0.39 is 5.76 Å². The van der Waals surface area contributed by atoms with Crippen molar-refractivity contribution in [3.8, 4) is 0 Å². The Morgan fingerprint density at radius 2 is 2.04 bits per heavy atom. The first-order valence-electron chi connectivity index (χ1n) is 7.60.